The van der Waals surface area contributed by atoms with Gasteiger partial charge >= 0.3 is 0 Å². The lowest BCUT2D eigenvalue weighted by Crippen LogP contribution is -2.48. The Morgan fingerprint density at radius 1 is 1.22 bits per heavy atom. The van der Waals surface area contributed by atoms with Crippen molar-refractivity contribution < 1.29 is 23.1 Å². The van der Waals surface area contributed by atoms with E-state index in [1.807, 2.05) is 0 Å². The number of carbonyl (C=O) groups excluding carboxylic acids is 2. The third kappa shape index (κ3) is 7.00. The number of benzene rings is 1. The lowest BCUT2D eigenvalue weighted by molar-refractivity contribution is -0.144. The molecule has 1 aromatic carbocycles. The largest absolute Gasteiger partial charge is 0.464 e. The van der Waals surface area contributed by atoms with Crippen molar-refractivity contribution in [3.05, 3.63) is 53.7 Å². The van der Waals surface area contributed by atoms with Crippen LogP contribution in [-0.2, 0) is 20.9 Å². The molecule has 4 rings (SSSR count). The molecule has 3 aromatic rings. The summed E-state index contributed by atoms with van der Waals surface area (Å²) >= 11 is 0. The second-order valence-corrected chi connectivity index (χ2v) is 9.66. The summed E-state index contributed by atoms with van der Waals surface area (Å²) < 4.78 is 24.9. The van der Waals surface area contributed by atoms with Crippen molar-refractivity contribution in [2.24, 2.45) is 5.92 Å². The van der Waals surface area contributed by atoms with Crippen LogP contribution in [0.25, 0.3) is 11.4 Å². The van der Waals surface area contributed by atoms with Crippen molar-refractivity contribution in [2.45, 2.75) is 58.7 Å². The van der Waals surface area contributed by atoms with E-state index in [4.69, 9.17) is 9.15 Å². The Hall–Kier alpha value is -3.60. The van der Waals surface area contributed by atoms with Crippen LogP contribution in [0.5, 0.6) is 0 Å². The number of aromatic nitrogens is 4. The maximum Gasteiger partial charge on any atom is 0.250 e. The number of nitrogens with zero attached hydrogens (tertiary/aromatic N) is 5. The topological polar surface area (TPSA) is 115 Å². The number of ether oxygens (including phenoxy) is 1. The van der Waals surface area contributed by atoms with Gasteiger partial charge in [0, 0.05) is 25.3 Å². The molecule has 3 heterocycles. The maximum atomic E-state index is 13.7. The molecule has 0 saturated carbocycles. The molecule has 0 radical (unpaired) electrons. The molecule has 1 aliphatic heterocycles. The summed E-state index contributed by atoms with van der Waals surface area (Å²) in [6, 6.07) is 8.21. The Kier molecular flexibility index (Phi) is 8.65. The second kappa shape index (κ2) is 12.1. The van der Waals surface area contributed by atoms with Gasteiger partial charge in [-0.3, -0.25) is 9.59 Å². The molecule has 2 amide bonds. The van der Waals surface area contributed by atoms with Gasteiger partial charge in [-0.2, -0.15) is 4.80 Å². The fraction of sp³-hybridized carbons (Fsp3) is 0.500. The molecular weight excluding hydrogens is 479 g/mol. The third-order valence-electron chi connectivity index (χ3n) is 6.19. The van der Waals surface area contributed by atoms with Gasteiger partial charge in [0.25, 0.3) is 5.91 Å². The molecule has 1 N–H and O–H groups in total. The molecule has 0 aliphatic carbocycles. The Morgan fingerprint density at radius 3 is 2.65 bits per heavy atom. The van der Waals surface area contributed by atoms with Crippen LogP contribution in [0.1, 0.15) is 50.7 Å². The number of hydrogen-bond donors (Lipinski definition) is 1. The van der Waals surface area contributed by atoms with Gasteiger partial charge in [0.2, 0.25) is 11.7 Å². The van der Waals surface area contributed by atoms with E-state index in [1.54, 1.807) is 31.2 Å². The number of carbonyl (C=O) groups is 2. The number of rotatable bonds is 11. The first-order valence-corrected chi connectivity index (χ1v) is 12.6. The van der Waals surface area contributed by atoms with Crippen LogP contribution >= 0.6 is 0 Å². The fourth-order valence-corrected chi connectivity index (χ4v) is 4.20. The Bertz CT molecular complexity index is 1190. The highest BCUT2D eigenvalue weighted by atomic mass is 19.1. The molecule has 1 saturated heterocycles. The number of hydrogen-bond acceptors (Lipinski definition) is 7. The van der Waals surface area contributed by atoms with E-state index in [0.29, 0.717) is 36.2 Å². The van der Waals surface area contributed by atoms with Crippen molar-refractivity contribution in [2.75, 3.05) is 19.7 Å². The van der Waals surface area contributed by atoms with E-state index in [0.717, 1.165) is 19.3 Å². The van der Waals surface area contributed by atoms with Crippen LogP contribution in [0, 0.1) is 18.7 Å². The summed E-state index contributed by atoms with van der Waals surface area (Å²) in [6.07, 6.45) is 2.30. The van der Waals surface area contributed by atoms with Crippen molar-refractivity contribution in [1.29, 1.82) is 0 Å². The number of amides is 2. The highest BCUT2D eigenvalue weighted by Crippen LogP contribution is 2.26. The molecule has 2 aromatic heterocycles. The molecule has 0 bridgehead atoms. The number of halogens is 1. The van der Waals surface area contributed by atoms with Crippen LogP contribution in [0.4, 0.5) is 4.39 Å². The lowest BCUT2D eigenvalue weighted by Gasteiger charge is -2.31. The van der Waals surface area contributed by atoms with Gasteiger partial charge in [0.1, 0.15) is 23.9 Å². The van der Waals surface area contributed by atoms with Crippen LogP contribution in [0.15, 0.2) is 40.8 Å². The standard InChI is InChI=1S/C26H33FN6O4/c1-17(2)12-13-28-26(35)24(22-11-6-18(3)37-22)32(15-21-5-4-14-36-21)23(34)16-33-30-25(29-31-33)19-7-9-20(27)10-8-19/h6-11,17,21,24H,4-5,12-16H2,1-3H3,(H,28,35)/t21-,24-/m1/s1. The highest BCUT2D eigenvalue weighted by molar-refractivity contribution is 5.88. The van der Waals surface area contributed by atoms with Gasteiger partial charge < -0.3 is 19.4 Å². The minimum Gasteiger partial charge on any atom is -0.464 e. The van der Waals surface area contributed by atoms with Gasteiger partial charge in [-0.1, -0.05) is 13.8 Å². The summed E-state index contributed by atoms with van der Waals surface area (Å²) in [5, 5.41) is 15.2. The minimum atomic E-state index is -0.974. The van der Waals surface area contributed by atoms with E-state index in [1.165, 1.54) is 21.8 Å². The summed E-state index contributed by atoms with van der Waals surface area (Å²) in [5.41, 5.74) is 0.574. The average Bonchev–Trinajstić information content (AvgIpc) is 3.62. The summed E-state index contributed by atoms with van der Waals surface area (Å²) in [7, 11) is 0. The highest BCUT2D eigenvalue weighted by Gasteiger charge is 2.36. The number of furan rings is 1. The zero-order chi connectivity index (χ0) is 26.4. The summed E-state index contributed by atoms with van der Waals surface area (Å²) in [5.74, 6) is 0.635. The molecule has 0 unspecified atom stereocenters. The van der Waals surface area contributed by atoms with Gasteiger partial charge in [-0.25, -0.2) is 4.39 Å². The molecule has 10 nitrogen and oxygen atoms in total. The predicted octanol–water partition coefficient (Wildman–Crippen LogP) is 3.29. The van der Waals surface area contributed by atoms with E-state index in [9.17, 15) is 14.0 Å². The zero-order valence-corrected chi connectivity index (χ0v) is 21.4. The van der Waals surface area contributed by atoms with Crippen LogP contribution in [0.3, 0.4) is 0 Å². The SMILES string of the molecule is Cc1ccc([C@H](C(=O)NCCC(C)C)N(C[C@H]2CCCO2)C(=O)Cn2nnc(-c3ccc(F)cc3)n2)o1. The fourth-order valence-electron chi connectivity index (χ4n) is 4.20. The van der Waals surface area contributed by atoms with Crippen molar-refractivity contribution in [3.8, 4) is 11.4 Å². The first-order chi connectivity index (χ1) is 17.8. The minimum absolute atomic E-state index is 0.190. The molecule has 198 valence electrons. The van der Waals surface area contributed by atoms with Gasteiger partial charge in [-0.05, 0) is 73.7 Å². The second-order valence-electron chi connectivity index (χ2n) is 9.66. The van der Waals surface area contributed by atoms with Gasteiger partial charge in [-0.15, -0.1) is 10.2 Å². The molecular formula is C26H33FN6O4. The van der Waals surface area contributed by atoms with E-state index >= 15 is 0 Å². The Balaban J connectivity index is 1.58. The maximum absolute atomic E-state index is 13.7. The smallest absolute Gasteiger partial charge is 0.250 e. The molecule has 1 aliphatic rings. The number of nitrogens with one attached hydrogen (secondary N) is 1. The van der Waals surface area contributed by atoms with Crippen molar-refractivity contribution >= 4 is 11.8 Å². The number of aryl methyl sites for hydroxylation is 1. The van der Waals surface area contributed by atoms with Crippen LogP contribution < -0.4 is 5.32 Å². The summed E-state index contributed by atoms with van der Waals surface area (Å²) in [6.45, 7) is 7.04. The monoisotopic (exact) mass is 512 g/mol. The Morgan fingerprint density at radius 2 is 2.00 bits per heavy atom. The molecule has 11 heteroatoms. The molecule has 0 spiro atoms. The van der Waals surface area contributed by atoms with Crippen molar-refractivity contribution in [3.63, 3.8) is 0 Å². The lowest BCUT2D eigenvalue weighted by atomic mass is 10.1. The molecule has 1 fully saturated rings. The van der Waals surface area contributed by atoms with E-state index < -0.39 is 6.04 Å². The quantitative estimate of drug-likeness (QED) is 0.419. The van der Waals surface area contributed by atoms with Crippen LogP contribution in [-0.4, -0.2) is 62.7 Å². The first-order valence-electron chi connectivity index (χ1n) is 12.6. The van der Waals surface area contributed by atoms with E-state index in [-0.39, 0.29) is 42.6 Å². The molecule has 37 heavy (non-hydrogen) atoms. The first kappa shape index (κ1) is 26.5. The van der Waals surface area contributed by atoms with Gasteiger partial charge in [0.15, 0.2) is 6.04 Å². The Labute approximate surface area is 215 Å². The predicted molar refractivity (Wildman–Crippen MR) is 133 cm³/mol. The van der Waals surface area contributed by atoms with Crippen molar-refractivity contribution in [1.82, 2.24) is 30.4 Å². The summed E-state index contributed by atoms with van der Waals surface area (Å²) in [4.78, 5) is 29.8. The zero-order valence-electron chi connectivity index (χ0n) is 21.4. The van der Waals surface area contributed by atoms with E-state index in [2.05, 4.69) is 34.6 Å². The number of tetrazole rings is 1. The third-order valence-corrected chi connectivity index (χ3v) is 6.19. The normalized spacial score (nSPS) is 16.2. The van der Waals surface area contributed by atoms with Gasteiger partial charge in [0.05, 0.1) is 6.10 Å². The van der Waals surface area contributed by atoms with Crippen LogP contribution in [0.2, 0.25) is 0 Å². The molecule has 2 atom stereocenters. The average molecular weight is 513 g/mol.